The van der Waals surface area contributed by atoms with Crippen molar-refractivity contribution < 1.29 is 9.59 Å². The third kappa shape index (κ3) is 2.67. The van der Waals surface area contributed by atoms with Gasteiger partial charge in [0.25, 0.3) is 0 Å². The lowest BCUT2D eigenvalue weighted by atomic mass is 9.97. The molecule has 5 nitrogen and oxygen atoms in total. The molecule has 2 amide bonds. The molecule has 0 radical (unpaired) electrons. The Kier molecular flexibility index (Phi) is 3.60. The number of aromatic nitrogens is 1. The summed E-state index contributed by atoms with van der Waals surface area (Å²) in [5.74, 6) is -0.0522. The van der Waals surface area contributed by atoms with Gasteiger partial charge in [0.05, 0.1) is 12.2 Å². The van der Waals surface area contributed by atoms with Gasteiger partial charge in [0.15, 0.2) is 0 Å². The maximum Gasteiger partial charge on any atom is 0.229 e. The summed E-state index contributed by atoms with van der Waals surface area (Å²) in [5.41, 5.74) is 1.64. The fraction of sp³-hybridized carbons (Fsp3) is 0.462. The molecule has 1 N–H and O–H groups in total. The van der Waals surface area contributed by atoms with Crippen molar-refractivity contribution in [2.45, 2.75) is 26.3 Å². The minimum atomic E-state index is -0.101. The summed E-state index contributed by atoms with van der Waals surface area (Å²) in [5, 5.41) is 3.01. The Labute approximate surface area is 106 Å². The second kappa shape index (κ2) is 5.16. The van der Waals surface area contributed by atoms with E-state index in [4.69, 9.17) is 0 Å². The molecule has 0 aliphatic carbocycles. The van der Waals surface area contributed by atoms with Crippen LogP contribution in [0.25, 0.3) is 0 Å². The highest BCUT2D eigenvalue weighted by molar-refractivity contribution is 5.97. The summed E-state index contributed by atoms with van der Waals surface area (Å²) >= 11 is 0. The van der Waals surface area contributed by atoms with Gasteiger partial charge in [-0.3, -0.25) is 19.5 Å². The molecule has 1 aromatic heterocycles. The lowest BCUT2D eigenvalue weighted by Crippen LogP contribution is -2.42. The van der Waals surface area contributed by atoms with E-state index < -0.39 is 0 Å². The van der Waals surface area contributed by atoms with Crippen LogP contribution in [0.4, 0.5) is 5.69 Å². The molecule has 0 saturated carbocycles. The summed E-state index contributed by atoms with van der Waals surface area (Å²) in [6.07, 6.45) is 2.55. The van der Waals surface area contributed by atoms with Gasteiger partial charge in [-0.2, -0.15) is 0 Å². The van der Waals surface area contributed by atoms with Crippen LogP contribution in [-0.4, -0.2) is 28.7 Å². The Morgan fingerprint density at radius 3 is 2.67 bits per heavy atom. The number of imide groups is 1. The van der Waals surface area contributed by atoms with Crippen molar-refractivity contribution in [1.82, 2.24) is 9.88 Å². The predicted octanol–water partition coefficient (Wildman–Crippen LogP) is 1.41. The highest BCUT2D eigenvalue weighted by atomic mass is 16.2. The molecular weight excluding hydrogens is 230 g/mol. The summed E-state index contributed by atoms with van der Waals surface area (Å²) in [7, 11) is 1.82. The number of anilines is 1. The highest BCUT2D eigenvalue weighted by Gasteiger charge is 2.30. The molecule has 1 aromatic rings. The van der Waals surface area contributed by atoms with Crippen LogP contribution in [0, 0.1) is 5.92 Å². The largest absolute Gasteiger partial charge is 0.388 e. The third-order valence-electron chi connectivity index (χ3n) is 3.07. The zero-order valence-corrected chi connectivity index (χ0v) is 10.6. The molecule has 1 saturated heterocycles. The summed E-state index contributed by atoms with van der Waals surface area (Å²) < 4.78 is 0. The predicted molar refractivity (Wildman–Crippen MR) is 67.7 cm³/mol. The van der Waals surface area contributed by atoms with Gasteiger partial charge in [-0.15, -0.1) is 0 Å². The molecule has 0 spiro atoms. The van der Waals surface area contributed by atoms with Crippen molar-refractivity contribution in [1.29, 1.82) is 0 Å². The Bertz CT molecular complexity index is 455. The number of likely N-dealkylation sites (tertiary alicyclic amines) is 1. The molecule has 0 aromatic carbocycles. The Balaban J connectivity index is 2.12. The van der Waals surface area contributed by atoms with Crippen molar-refractivity contribution in [2.75, 3.05) is 12.4 Å². The van der Waals surface area contributed by atoms with Crippen molar-refractivity contribution in [3.05, 3.63) is 24.0 Å². The lowest BCUT2D eigenvalue weighted by molar-refractivity contribution is -0.150. The van der Waals surface area contributed by atoms with Crippen LogP contribution in [0.15, 0.2) is 18.3 Å². The summed E-state index contributed by atoms with van der Waals surface area (Å²) in [4.78, 5) is 29.2. The molecule has 1 fully saturated rings. The van der Waals surface area contributed by atoms with Crippen molar-refractivity contribution in [3.63, 3.8) is 0 Å². The van der Waals surface area contributed by atoms with E-state index in [0.717, 1.165) is 11.4 Å². The van der Waals surface area contributed by atoms with E-state index in [1.807, 2.05) is 26.1 Å². The number of amides is 2. The van der Waals surface area contributed by atoms with E-state index in [1.165, 1.54) is 4.90 Å². The van der Waals surface area contributed by atoms with Crippen LogP contribution in [0.1, 0.15) is 25.5 Å². The molecule has 2 rings (SSSR count). The van der Waals surface area contributed by atoms with E-state index in [1.54, 1.807) is 6.20 Å². The summed E-state index contributed by atoms with van der Waals surface area (Å²) in [6, 6.07) is 3.68. The van der Waals surface area contributed by atoms with Gasteiger partial charge in [0.2, 0.25) is 11.8 Å². The fourth-order valence-electron chi connectivity index (χ4n) is 2.09. The maximum absolute atomic E-state index is 11.8. The van der Waals surface area contributed by atoms with Gasteiger partial charge in [-0.05, 0) is 18.1 Å². The minimum Gasteiger partial charge on any atom is -0.388 e. The van der Waals surface area contributed by atoms with Gasteiger partial charge in [0.1, 0.15) is 0 Å². The van der Waals surface area contributed by atoms with Gasteiger partial charge in [-0.1, -0.05) is 6.92 Å². The molecule has 1 aliphatic rings. The first kappa shape index (κ1) is 12.5. The van der Waals surface area contributed by atoms with Gasteiger partial charge < -0.3 is 5.32 Å². The molecule has 18 heavy (non-hydrogen) atoms. The van der Waals surface area contributed by atoms with Crippen LogP contribution in [0.3, 0.4) is 0 Å². The first-order chi connectivity index (χ1) is 8.60. The molecule has 5 heteroatoms. The number of hydrogen-bond donors (Lipinski definition) is 1. The zero-order chi connectivity index (χ0) is 13.1. The molecule has 2 heterocycles. The number of nitrogens with zero attached hydrogens (tertiary/aromatic N) is 2. The average molecular weight is 247 g/mol. The van der Waals surface area contributed by atoms with Crippen LogP contribution in [-0.2, 0) is 16.1 Å². The van der Waals surface area contributed by atoms with Crippen LogP contribution in [0.2, 0.25) is 0 Å². The number of carbonyl (C=O) groups is 2. The molecule has 1 aliphatic heterocycles. The number of rotatable bonds is 3. The Morgan fingerprint density at radius 2 is 2.06 bits per heavy atom. The van der Waals surface area contributed by atoms with E-state index in [-0.39, 0.29) is 24.3 Å². The Hall–Kier alpha value is -1.91. The summed E-state index contributed by atoms with van der Waals surface area (Å²) in [6.45, 7) is 2.19. The fourth-order valence-corrected chi connectivity index (χ4v) is 2.09. The standard InChI is InChI=1S/C13H17N3O2/c1-9-5-12(17)16(13(18)6-9)8-11-7-10(14-2)3-4-15-11/h3-4,7,9H,5-6,8H2,1-2H3,(H,14,15). The first-order valence-electron chi connectivity index (χ1n) is 6.06. The topological polar surface area (TPSA) is 62.3 Å². The van der Waals surface area contributed by atoms with Gasteiger partial charge >= 0.3 is 0 Å². The van der Waals surface area contributed by atoms with Crippen LogP contribution >= 0.6 is 0 Å². The van der Waals surface area contributed by atoms with Gasteiger partial charge in [-0.25, -0.2) is 0 Å². The lowest BCUT2D eigenvalue weighted by Gasteiger charge is -2.28. The molecule has 0 atom stereocenters. The number of piperidine rings is 1. The van der Waals surface area contributed by atoms with E-state index in [9.17, 15) is 9.59 Å². The first-order valence-corrected chi connectivity index (χ1v) is 6.06. The van der Waals surface area contributed by atoms with E-state index in [2.05, 4.69) is 10.3 Å². The van der Waals surface area contributed by atoms with E-state index in [0.29, 0.717) is 12.8 Å². The maximum atomic E-state index is 11.8. The van der Waals surface area contributed by atoms with Gasteiger partial charge in [0, 0.05) is 31.8 Å². The number of nitrogens with one attached hydrogen (secondary N) is 1. The monoisotopic (exact) mass is 247 g/mol. The SMILES string of the molecule is CNc1ccnc(CN2C(=O)CC(C)CC2=O)c1. The second-order valence-electron chi connectivity index (χ2n) is 4.67. The molecule has 96 valence electrons. The smallest absolute Gasteiger partial charge is 0.229 e. The zero-order valence-electron chi connectivity index (χ0n) is 10.6. The third-order valence-corrected chi connectivity index (χ3v) is 3.07. The van der Waals surface area contributed by atoms with Crippen molar-refractivity contribution >= 4 is 17.5 Å². The average Bonchev–Trinajstić information content (AvgIpc) is 2.34. The van der Waals surface area contributed by atoms with Crippen LogP contribution < -0.4 is 5.32 Å². The van der Waals surface area contributed by atoms with Crippen molar-refractivity contribution in [2.24, 2.45) is 5.92 Å². The minimum absolute atomic E-state index is 0.101. The molecule has 0 bridgehead atoms. The molecule has 0 unspecified atom stereocenters. The number of carbonyl (C=O) groups excluding carboxylic acids is 2. The van der Waals surface area contributed by atoms with E-state index >= 15 is 0 Å². The Morgan fingerprint density at radius 1 is 1.39 bits per heavy atom. The van der Waals surface area contributed by atoms with Crippen LogP contribution in [0.5, 0.6) is 0 Å². The molecular formula is C13H17N3O2. The highest BCUT2D eigenvalue weighted by Crippen LogP contribution is 2.20. The number of pyridine rings is 1. The second-order valence-corrected chi connectivity index (χ2v) is 4.67. The normalized spacial score (nSPS) is 17.1. The number of hydrogen-bond acceptors (Lipinski definition) is 4. The quantitative estimate of drug-likeness (QED) is 0.820. The van der Waals surface area contributed by atoms with Crippen molar-refractivity contribution in [3.8, 4) is 0 Å².